The lowest BCUT2D eigenvalue weighted by Crippen LogP contribution is -2.41. The number of hydrogen-bond donors (Lipinski definition) is 1. The van der Waals surface area contributed by atoms with E-state index in [0.29, 0.717) is 0 Å². The Morgan fingerprint density at radius 1 is 1.36 bits per heavy atom. The summed E-state index contributed by atoms with van der Waals surface area (Å²) in [5.41, 5.74) is 0.282. The number of piperidine rings is 1. The van der Waals surface area contributed by atoms with Crippen molar-refractivity contribution < 1.29 is 4.74 Å². The van der Waals surface area contributed by atoms with Crippen molar-refractivity contribution >= 4 is 0 Å². The highest BCUT2D eigenvalue weighted by molar-refractivity contribution is 4.91. The fourth-order valence-electron chi connectivity index (χ4n) is 2.30. The highest BCUT2D eigenvalue weighted by Crippen LogP contribution is 2.36. The first kappa shape index (κ1) is 7.56. The Hall–Kier alpha value is -0.0800. The molecule has 11 heavy (non-hydrogen) atoms. The van der Waals surface area contributed by atoms with Crippen molar-refractivity contribution in [2.24, 2.45) is 5.92 Å². The summed E-state index contributed by atoms with van der Waals surface area (Å²) in [5.74, 6) is 0.785. The van der Waals surface area contributed by atoms with Gasteiger partial charge in [0.15, 0.2) is 0 Å². The second-order valence-electron chi connectivity index (χ2n) is 4.05. The van der Waals surface area contributed by atoms with Crippen LogP contribution in [0.4, 0.5) is 0 Å². The Balaban J connectivity index is 1.98. The van der Waals surface area contributed by atoms with Crippen LogP contribution >= 0.6 is 0 Å². The van der Waals surface area contributed by atoms with Gasteiger partial charge in [-0.3, -0.25) is 0 Å². The Kier molecular flexibility index (Phi) is 1.90. The van der Waals surface area contributed by atoms with Crippen LogP contribution < -0.4 is 5.32 Å². The summed E-state index contributed by atoms with van der Waals surface area (Å²) in [4.78, 5) is 0. The summed E-state index contributed by atoms with van der Waals surface area (Å²) >= 11 is 0. The molecule has 0 radical (unpaired) electrons. The third-order valence-electron chi connectivity index (χ3n) is 2.91. The van der Waals surface area contributed by atoms with Gasteiger partial charge in [0, 0.05) is 6.61 Å². The van der Waals surface area contributed by atoms with Crippen LogP contribution in [0, 0.1) is 5.92 Å². The van der Waals surface area contributed by atoms with Crippen LogP contribution in [0.3, 0.4) is 0 Å². The smallest absolute Gasteiger partial charge is 0.0710 e. The minimum atomic E-state index is 0.282. The summed E-state index contributed by atoms with van der Waals surface area (Å²) in [6.45, 7) is 5.57. The van der Waals surface area contributed by atoms with Gasteiger partial charge in [0.2, 0.25) is 0 Å². The van der Waals surface area contributed by atoms with E-state index in [2.05, 4.69) is 12.2 Å². The monoisotopic (exact) mass is 155 g/mol. The molecule has 0 aromatic heterocycles. The fourth-order valence-corrected chi connectivity index (χ4v) is 2.30. The Morgan fingerprint density at radius 2 is 2.09 bits per heavy atom. The summed E-state index contributed by atoms with van der Waals surface area (Å²) in [6.07, 6.45) is 3.73. The van der Waals surface area contributed by atoms with Gasteiger partial charge in [-0.05, 0) is 38.3 Å². The predicted octanol–water partition coefficient (Wildman–Crippen LogP) is 1.16. The van der Waals surface area contributed by atoms with Crippen LogP contribution in [-0.4, -0.2) is 25.3 Å². The molecule has 2 fully saturated rings. The van der Waals surface area contributed by atoms with E-state index >= 15 is 0 Å². The van der Waals surface area contributed by atoms with Crippen molar-refractivity contribution in [2.45, 2.75) is 31.8 Å². The molecule has 0 aromatic carbocycles. The molecule has 0 bridgehead atoms. The molecule has 0 amide bonds. The molecule has 2 heteroatoms. The molecule has 64 valence electrons. The first-order valence-corrected chi connectivity index (χ1v) is 4.65. The van der Waals surface area contributed by atoms with E-state index in [4.69, 9.17) is 4.74 Å². The molecule has 1 spiro atoms. The third-order valence-corrected chi connectivity index (χ3v) is 2.91. The van der Waals surface area contributed by atoms with Crippen molar-refractivity contribution in [2.75, 3.05) is 19.7 Å². The lowest BCUT2D eigenvalue weighted by molar-refractivity contribution is -0.0195. The number of rotatable bonds is 0. The van der Waals surface area contributed by atoms with E-state index in [1.54, 1.807) is 0 Å². The number of ether oxygens (including phenoxy) is 1. The van der Waals surface area contributed by atoms with Gasteiger partial charge in [-0.15, -0.1) is 0 Å². The van der Waals surface area contributed by atoms with E-state index in [9.17, 15) is 0 Å². The van der Waals surface area contributed by atoms with Crippen LogP contribution in [0.15, 0.2) is 0 Å². The Morgan fingerprint density at radius 3 is 2.64 bits per heavy atom. The molecule has 0 saturated carbocycles. The Bertz CT molecular complexity index is 135. The lowest BCUT2D eigenvalue weighted by Gasteiger charge is -2.32. The van der Waals surface area contributed by atoms with Gasteiger partial charge in [-0.2, -0.15) is 0 Å². The van der Waals surface area contributed by atoms with E-state index in [0.717, 1.165) is 25.6 Å². The zero-order valence-electron chi connectivity index (χ0n) is 7.23. The molecule has 2 rings (SSSR count). The van der Waals surface area contributed by atoms with Crippen LogP contribution in [0.5, 0.6) is 0 Å². The van der Waals surface area contributed by atoms with Crippen LogP contribution in [0.2, 0.25) is 0 Å². The molecule has 2 saturated heterocycles. The van der Waals surface area contributed by atoms with E-state index in [1.165, 1.54) is 19.3 Å². The first-order valence-electron chi connectivity index (χ1n) is 4.65. The van der Waals surface area contributed by atoms with Crippen LogP contribution in [0.1, 0.15) is 26.2 Å². The van der Waals surface area contributed by atoms with Gasteiger partial charge in [0.1, 0.15) is 0 Å². The second kappa shape index (κ2) is 2.76. The van der Waals surface area contributed by atoms with Crippen molar-refractivity contribution in [3.05, 3.63) is 0 Å². The van der Waals surface area contributed by atoms with Gasteiger partial charge < -0.3 is 10.1 Å². The standard InChI is InChI=1S/C9H17NO/c1-8-6-9(11-7-8)2-4-10-5-3-9/h8,10H,2-7H2,1H3. The molecule has 1 N–H and O–H groups in total. The summed E-state index contributed by atoms with van der Waals surface area (Å²) < 4.78 is 5.85. The van der Waals surface area contributed by atoms with Gasteiger partial charge in [-0.1, -0.05) is 6.92 Å². The molecule has 1 unspecified atom stereocenters. The molecule has 1 atom stereocenters. The molecule has 2 heterocycles. The molecule has 2 aliphatic heterocycles. The summed E-state index contributed by atoms with van der Waals surface area (Å²) in [5, 5.41) is 3.37. The third kappa shape index (κ3) is 1.42. The lowest BCUT2D eigenvalue weighted by atomic mass is 9.87. The topological polar surface area (TPSA) is 21.3 Å². The zero-order valence-corrected chi connectivity index (χ0v) is 7.23. The predicted molar refractivity (Wildman–Crippen MR) is 44.6 cm³/mol. The average Bonchev–Trinajstić information content (AvgIpc) is 2.34. The number of hydrogen-bond acceptors (Lipinski definition) is 2. The maximum atomic E-state index is 5.85. The van der Waals surface area contributed by atoms with Crippen molar-refractivity contribution in [3.63, 3.8) is 0 Å². The van der Waals surface area contributed by atoms with E-state index in [1.807, 2.05) is 0 Å². The van der Waals surface area contributed by atoms with E-state index < -0.39 is 0 Å². The van der Waals surface area contributed by atoms with Crippen LogP contribution in [0.25, 0.3) is 0 Å². The molecular weight excluding hydrogens is 138 g/mol. The van der Waals surface area contributed by atoms with Crippen LogP contribution in [-0.2, 0) is 4.74 Å². The minimum absolute atomic E-state index is 0.282. The van der Waals surface area contributed by atoms with Gasteiger partial charge in [0.25, 0.3) is 0 Å². The molecular formula is C9H17NO. The van der Waals surface area contributed by atoms with Gasteiger partial charge in [0.05, 0.1) is 5.60 Å². The highest BCUT2D eigenvalue weighted by Gasteiger charge is 2.39. The SMILES string of the molecule is CC1COC2(CCNCC2)C1. The molecule has 2 nitrogen and oxygen atoms in total. The maximum Gasteiger partial charge on any atom is 0.0710 e. The van der Waals surface area contributed by atoms with Crippen molar-refractivity contribution in [3.8, 4) is 0 Å². The maximum absolute atomic E-state index is 5.85. The van der Waals surface area contributed by atoms with Gasteiger partial charge >= 0.3 is 0 Å². The molecule has 0 aromatic rings. The molecule has 0 aliphatic carbocycles. The highest BCUT2D eigenvalue weighted by atomic mass is 16.5. The van der Waals surface area contributed by atoms with Crippen molar-refractivity contribution in [1.82, 2.24) is 5.32 Å². The summed E-state index contributed by atoms with van der Waals surface area (Å²) in [6, 6.07) is 0. The average molecular weight is 155 g/mol. The van der Waals surface area contributed by atoms with E-state index in [-0.39, 0.29) is 5.60 Å². The van der Waals surface area contributed by atoms with Crippen molar-refractivity contribution in [1.29, 1.82) is 0 Å². The first-order chi connectivity index (χ1) is 5.31. The molecule has 2 aliphatic rings. The zero-order chi connectivity index (χ0) is 7.73. The normalized spacial score (nSPS) is 36.3. The minimum Gasteiger partial charge on any atom is -0.375 e. The summed E-state index contributed by atoms with van der Waals surface area (Å²) in [7, 11) is 0. The quantitative estimate of drug-likeness (QED) is 0.567. The largest absolute Gasteiger partial charge is 0.375 e. The number of nitrogens with one attached hydrogen (secondary N) is 1. The Labute approximate surface area is 68.3 Å². The fraction of sp³-hybridized carbons (Fsp3) is 1.00. The van der Waals surface area contributed by atoms with Gasteiger partial charge in [-0.25, -0.2) is 0 Å². The second-order valence-corrected chi connectivity index (χ2v) is 4.05.